The minimum atomic E-state index is -0.188. The minimum Gasteiger partial charge on any atom is -0.379 e. The highest BCUT2D eigenvalue weighted by atomic mass is 19.1. The zero-order valence-corrected chi connectivity index (χ0v) is 6.89. The van der Waals surface area contributed by atoms with E-state index in [4.69, 9.17) is 0 Å². The van der Waals surface area contributed by atoms with E-state index < -0.39 is 0 Å². The maximum Gasteiger partial charge on any atom is 0.148 e. The van der Waals surface area contributed by atoms with Crippen LogP contribution in [0.4, 0.5) is 15.8 Å². The number of benzene rings is 1. The quantitative estimate of drug-likeness (QED) is 0.616. The van der Waals surface area contributed by atoms with Crippen LogP contribution in [0, 0.1) is 5.82 Å². The van der Waals surface area contributed by atoms with Gasteiger partial charge in [0, 0.05) is 12.6 Å². The largest absolute Gasteiger partial charge is 0.379 e. The van der Waals surface area contributed by atoms with Crippen LogP contribution in [0.2, 0.25) is 0 Å². The molecule has 1 atom stereocenters. The summed E-state index contributed by atoms with van der Waals surface area (Å²) in [5.74, 6) is -0.188. The molecule has 1 unspecified atom stereocenters. The normalized spacial score (nSPS) is 20.7. The lowest BCUT2D eigenvalue weighted by Gasteiger charge is -2.25. The molecule has 2 nitrogen and oxygen atoms in total. The Morgan fingerprint density at radius 3 is 3.17 bits per heavy atom. The summed E-state index contributed by atoms with van der Waals surface area (Å²) in [6, 6.07) is 5.41. The van der Waals surface area contributed by atoms with E-state index in [-0.39, 0.29) is 5.82 Å². The molecule has 0 aromatic heterocycles. The van der Waals surface area contributed by atoms with Gasteiger partial charge in [0.05, 0.1) is 11.4 Å². The lowest BCUT2D eigenvalue weighted by atomic mass is 10.1. The molecule has 12 heavy (non-hydrogen) atoms. The summed E-state index contributed by atoms with van der Waals surface area (Å²) >= 11 is 0. The highest BCUT2D eigenvalue weighted by Gasteiger charge is 2.15. The van der Waals surface area contributed by atoms with Crippen LogP contribution in [0.15, 0.2) is 18.2 Å². The lowest BCUT2D eigenvalue weighted by Crippen LogP contribution is -2.30. The summed E-state index contributed by atoms with van der Waals surface area (Å²) in [5, 5.41) is 6.24. The first-order valence-electron chi connectivity index (χ1n) is 4.06. The fourth-order valence-electron chi connectivity index (χ4n) is 1.40. The Labute approximate surface area is 70.8 Å². The SMILES string of the molecule is CC1CNc2c(F)cccc2N1. The van der Waals surface area contributed by atoms with Gasteiger partial charge in [-0.1, -0.05) is 6.07 Å². The molecule has 0 fully saturated rings. The Hall–Kier alpha value is -1.25. The zero-order chi connectivity index (χ0) is 8.55. The number of para-hydroxylation sites is 1. The first kappa shape index (κ1) is 7.40. The molecular weight excluding hydrogens is 155 g/mol. The molecule has 0 spiro atoms. The summed E-state index contributed by atoms with van der Waals surface area (Å²) in [6.07, 6.45) is 0. The predicted octanol–water partition coefficient (Wildman–Crippen LogP) is 2.05. The molecule has 0 aliphatic carbocycles. The van der Waals surface area contributed by atoms with E-state index in [0.717, 1.165) is 12.2 Å². The monoisotopic (exact) mass is 166 g/mol. The van der Waals surface area contributed by atoms with Gasteiger partial charge in [-0.25, -0.2) is 4.39 Å². The molecule has 64 valence electrons. The molecule has 1 aliphatic rings. The van der Waals surface area contributed by atoms with Crippen molar-refractivity contribution in [1.82, 2.24) is 0 Å². The van der Waals surface area contributed by atoms with Crippen LogP contribution in [0.5, 0.6) is 0 Å². The number of nitrogens with one attached hydrogen (secondary N) is 2. The Bertz CT molecular complexity index is 299. The van der Waals surface area contributed by atoms with E-state index in [1.165, 1.54) is 6.07 Å². The highest BCUT2D eigenvalue weighted by Crippen LogP contribution is 2.28. The number of rotatable bonds is 0. The molecule has 0 saturated carbocycles. The molecule has 1 aliphatic heterocycles. The van der Waals surface area contributed by atoms with Crippen molar-refractivity contribution in [3.63, 3.8) is 0 Å². The molecular formula is C9H11FN2. The predicted molar refractivity (Wildman–Crippen MR) is 48.0 cm³/mol. The molecule has 3 heteroatoms. The van der Waals surface area contributed by atoms with E-state index >= 15 is 0 Å². The lowest BCUT2D eigenvalue weighted by molar-refractivity contribution is 0.626. The van der Waals surface area contributed by atoms with E-state index in [1.54, 1.807) is 6.07 Å². The van der Waals surface area contributed by atoms with Crippen molar-refractivity contribution in [2.45, 2.75) is 13.0 Å². The number of hydrogen-bond donors (Lipinski definition) is 2. The van der Waals surface area contributed by atoms with Crippen molar-refractivity contribution in [2.75, 3.05) is 17.2 Å². The standard InChI is InChI=1S/C9H11FN2/c1-6-5-11-9-7(10)3-2-4-8(9)12-6/h2-4,6,11-12H,5H2,1H3. The van der Waals surface area contributed by atoms with Crippen LogP contribution in [-0.2, 0) is 0 Å². The van der Waals surface area contributed by atoms with E-state index in [1.807, 2.05) is 6.07 Å². The van der Waals surface area contributed by atoms with Crippen LogP contribution in [0.1, 0.15) is 6.92 Å². The molecule has 2 rings (SSSR count). The van der Waals surface area contributed by atoms with Crippen molar-refractivity contribution in [2.24, 2.45) is 0 Å². The van der Waals surface area contributed by atoms with Gasteiger partial charge in [-0.3, -0.25) is 0 Å². The van der Waals surface area contributed by atoms with Gasteiger partial charge in [0.15, 0.2) is 0 Å². The Balaban J connectivity index is 2.42. The van der Waals surface area contributed by atoms with Crippen LogP contribution in [0.3, 0.4) is 0 Å². The van der Waals surface area contributed by atoms with E-state index in [0.29, 0.717) is 11.7 Å². The van der Waals surface area contributed by atoms with Gasteiger partial charge in [0.25, 0.3) is 0 Å². The van der Waals surface area contributed by atoms with E-state index in [2.05, 4.69) is 17.6 Å². The molecule has 0 bridgehead atoms. The zero-order valence-electron chi connectivity index (χ0n) is 6.89. The topological polar surface area (TPSA) is 24.1 Å². The average Bonchev–Trinajstić information content (AvgIpc) is 2.04. The second-order valence-electron chi connectivity index (χ2n) is 3.09. The molecule has 2 N–H and O–H groups in total. The van der Waals surface area contributed by atoms with Gasteiger partial charge in [-0.2, -0.15) is 0 Å². The van der Waals surface area contributed by atoms with Crippen molar-refractivity contribution in [3.05, 3.63) is 24.0 Å². The summed E-state index contributed by atoms with van der Waals surface area (Å²) in [7, 11) is 0. The maximum absolute atomic E-state index is 13.1. The van der Waals surface area contributed by atoms with Crippen LogP contribution in [-0.4, -0.2) is 12.6 Å². The minimum absolute atomic E-state index is 0.188. The number of hydrogen-bond acceptors (Lipinski definition) is 2. The molecule has 0 amide bonds. The average molecular weight is 166 g/mol. The van der Waals surface area contributed by atoms with Gasteiger partial charge in [0.2, 0.25) is 0 Å². The first-order valence-corrected chi connectivity index (χ1v) is 4.06. The van der Waals surface area contributed by atoms with E-state index in [9.17, 15) is 4.39 Å². The third-order valence-corrected chi connectivity index (χ3v) is 2.00. The second-order valence-corrected chi connectivity index (χ2v) is 3.09. The fraction of sp³-hybridized carbons (Fsp3) is 0.333. The van der Waals surface area contributed by atoms with Gasteiger partial charge < -0.3 is 10.6 Å². The highest BCUT2D eigenvalue weighted by molar-refractivity contribution is 5.71. The van der Waals surface area contributed by atoms with Crippen molar-refractivity contribution in [1.29, 1.82) is 0 Å². The van der Waals surface area contributed by atoms with Crippen molar-refractivity contribution in [3.8, 4) is 0 Å². The van der Waals surface area contributed by atoms with Gasteiger partial charge in [-0.15, -0.1) is 0 Å². The fourth-order valence-corrected chi connectivity index (χ4v) is 1.40. The molecule has 1 aromatic rings. The Kier molecular flexibility index (Phi) is 1.64. The second kappa shape index (κ2) is 2.66. The number of halogens is 1. The maximum atomic E-state index is 13.1. The number of anilines is 2. The van der Waals surface area contributed by atoms with Crippen LogP contribution < -0.4 is 10.6 Å². The molecule has 1 heterocycles. The van der Waals surface area contributed by atoms with Gasteiger partial charge in [0.1, 0.15) is 5.82 Å². The van der Waals surface area contributed by atoms with Crippen molar-refractivity contribution >= 4 is 11.4 Å². The Morgan fingerprint density at radius 1 is 1.50 bits per heavy atom. The summed E-state index contributed by atoms with van der Waals surface area (Å²) < 4.78 is 13.1. The van der Waals surface area contributed by atoms with Crippen LogP contribution >= 0.6 is 0 Å². The van der Waals surface area contributed by atoms with Gasteiger partial charge >= 0.3 is 0 Å². The van der Waals surface area contributed by atoms with Gasteiger partial charge in [-0.05, 0) is 19.1 Å². The van der Waals surface area contributed by atoms with Crippen LogP contribution in [0.25, 0.3) is 0 Å². The summed E-state index contributed by atoms with van der Waals surface area (Å²) in [5.41, 5.74) is 1.45. The van der Waals surface area contributed by atoms with Crippen molar-refractivity contribution < 1.29 is 4.39 Å². The summed E-state index contributed by atoms with van der Waals surface area (Å²) in [6.45, 7) is 2.83. The molecule has 0 saturated heterocycles. The first-order chi connectivity index (χ1) is 5.77. The molecule has 0 radical (unpaired) electrons. The number of fused-ring (bicyclic) bond motifs is 1. The Morgan fingerprint density at radius 2 is 2.33 bits per heavy atom. The smallest absolute Gasteiger partial charge is 0.148 e. The summed E-state index contributed by atoms with van der Waals surface area (Å²) in [4.78, 5) is 0. The third-order valence-electron chi connectivity index (χ3n) is 2.00. The third kappa shape index (κ3) is 1.11. The molecule has 1 aromatic carbocycles.